The quantitative estimate of drug-likeness (QED) is 0.817. The summed E-state index contributed by atoms with van der Waals surface area (Å²) < 4.78 is 5.85. The Balaban J connectivity index is 1.95. The molecule has 1 aliphatic carbocycles. The first-order valence-corrected chi connectivity index (χ1v) is 7.45. The molecule has 108 valence electrons. The van der Waals surface area contributed by atoms with Crippen molar-refractivity contribution in [1.29, 1.82) is 0 Å². The van der Waals surface area contributed by atoms with Crippen molar-refractivity contribution < 1.29 is 4.42 Å². The third-order valence-corrected chi connectivity index (χ3v) is 4.52. The molecule has 1 aliphatic rings. The zero-order valence-electron chi connectivity index (χ0n) is 13.0. The van der Waals surface area contributed by atoms with Gasteiger partial charge in [-0.15, -0.1) is 0 Å². The number of nitrogens with one attached hydrogen (secondary N) is 1. The van der Waals surface area contributed by atoms with E-state index in [4.69, 9.17) is 4.42 Å². The van der Waals surface area contributed by atoms with Gasteiger partial charge in [-0.25, -0.2) is 0 Å². The third kappa shape index (κ3) is 3.83. The van der Waals surface area contributed by atoms with Crippen molar-refractivity contribution in [1.82, 2.24) is 10.2 Å². The van der Waals surface area contributed by atoms with Crippen LogP contribution in [0, 0.1) is 6.92 Å². The number of nitrogens with zero attached hydrogens (tertiary/aromatic N) is 1. The Hall–Kier alpha value is -0.800. The zero-order chi connectivity index (χ0) is 14.0. The molecule has 1 saturated carbocycles. The first kappa shape index (κ1) is 14.6. The maximum Gasteiger partial charge on any atom is 0.118 e. The Morgan fingerprint density at radius 1 is 1.42 bits per heavy atom. The standard InChI is InChI=1S/C16H28N2O/c1-6-16(3,4)18(5)11-13-9-15(19-12(13)2)10-17-14-7-8-14/h9,14,17H,6-8,10-11H2,1-5H3. The number of hydrogen-bond acceptors (Lipinski definition) is 3. The maximum absolute atomic E-state index is 5.85. The molecule has 0 unspecified atom stereocenters. The molecule has 1 aromatic heterocycles. The predicted octanol–water partition coefficient (Wildman–Crippen LogP) is 3.46. The highest BCUT2D eigenvalue weighted by Crippen LogP contribution is 2.24. The van der Waals surface area contributed by atoms with Gasteiger partial charge >= 0.3 is 0 Å². The van der Waals surface area contributed by atoms with Gasteiger partial charge in [-0.1, -0.05) is 6.92 Å². The number of rotatable bonds is 7. The summed E-state index contributed by atoms with van der Waals surface area (Å²) in [6.07, 6.45) is 3.79. The van der Waals surface area contributed by atoms with Gasteiger partial charge in [0, 0.05) is 23.7 Å². The molecule has 2 rings (SSSR count). The van der Waals surface area contributed by atoms with E-state index in [0.717, 1.165) is 37.1 Å². The van der Waals surface area contributed by atoms with E-state index in [-0.39, 0.29) is 5.54 Å². The van der Waals surface area contributed by atoms with E-state index in [9.17, 15) is 0 Å². The van der Waals surface area contributed by atoms with Crippen LogP contribution in [0.2, 0.25) is 0 Å². The first-order chi connectivity index (χ1) is 8.92. The van der Waals surface area contributed by atoms with Gasteiger partial charge in [0.05, 0.1) is 6.54 Å². The topological polar surface area (TPSA) is 28.4 Å². The van der Waals surface area contributed by atoms with Crippen LogP contribution < -0.4 is 5.32 Å². The van der Waals surface area contributed by atoms with Crippen LogP contribution in [0.15, 0.2) is 10.5 Å². The molecule has 0 aromatic carbocycles. The third-order valence-electron chi connectivity index (χ3n) is 4.52. The molecule has 0 spiro atoms. The first-order valence-electron chi connectivity index (χ1n) is 7.45. The van der Waals surface area contributed by atoms with Gasteiger partial charge in [0.15, 0.2) is 0 Å². The van der Waals surface area contributed by atoms with Crippen molar-refractivity contribution in [3.63, 3.8) is 0 Å². The molecule has 0 amide bonds. The van der Waals surface area contributed by atoms with Crippen molar-refractivity contribution in [2.45, 2.75) is 71.6 Å². The lowest BCUT2D eigenvalue weighted by molar-refractivity contribution is 0.142. The fourth-order valence-electron chi connectivity index (χ4n) is 2.10. The van der Waals surface area contributed by atoms with Crippen molar-refractivity contribution >= 4 is 0 Å². The van der Waals surface area contributed by atoms with Crippen LogP contribution >= 0.6 is 0 Å². The van der Waals surface area contributed by atoms with Crippen LogP contribution in [0.4, 0.5) is 0 Å². The van der Waals surface area contributed by atoms with Crippen molar-refractivity contribution in [2.24, 2.45) is 0 Å². The van der Waals surface area contributed by atoms with E-state index in [1.54, 1.807) is 0 Å². The number of hydrogen-bond donors (Lipinski definition) is 1. The fourth-order valence-corrected chi connectivity index (χ4v) is 2.10. The van der Waals surface area contributed by atoms with Gasteiger partial charge in [0.2, 0.25) is 0 Å². The summed E-state index contributed by atoms with van der Waals surface area (Å²) in [7, 11) is 2.19. The average molecular weight is 264 g/mol. The smallest absolute Gasteiger partial charge is 0.118 e. The summed E-state index contributed by atoms with van der Waals surface area (Å²) in [6.45, 7) is 10.7. The van der Waals surface area contributed by atoms with Crippen LogP contribution in [0.25, 0.3) is 0 Å². The monoisotopic (exact) mass is 264 g/mol. The van der Waals surface area contributed by atoms with E-state index in [2.05, 4.69) is 51.0 Å². The van der Waals surface area contributed by atoms with Crippen LogP contribution in [-0.4, -0.2) is 23.5 Å². The van der Waals surface area contributed by atoms with Gasteiger partial charge in [-0.2, -0.15) is 0 Å². The minimum Gasteiger partial charge on any atom is -0.465 e. The van der Waals surface area contributed by atoms with Gasteiger partial charge in [-0.05, 0) is 53.1 Å². The Bertz CT molecular complexity index is 418. The summed E-state index contributed by atoms with van der Waals surface area (Å²) in [4.78, 5) is 2.41. The fraction of sp³-hybridized carbons (Fsp3) is 0.750. The molecule has 0 radical (unpaired) electrons. The average Bonchev–Trinajstić information content (AvgIpc) is 3.13. The van der Waals surface area contributed by atoms with E-state index >= 15 is 0 Å². The highest BCUT2D eigenvalue weighted by molar-refractivity contribution is 5.21. The van der Waals surface area contributed by atoms with Gasteiger partial charge in [0.25, 0.3) is 0 Å². The Morgan fingerprint density at radius 2 is 2.11 bits per heavy atom. The molecule has 0 saturated heterocycles. The molecule has 19 heavy (non-hydrogen) atoms. The Labute approximate surface area is 117 Å². The second-order valence-electron chi connectivity index (χ2n) is 6.47. The van der Waals surface area contributed by atoms with E-state index < -0.39 is 0 Å². The van der Waals surface area contributed by atoms with E-state index in [0.29, 0.717) is 0 Å². The second-order valence-corrected chi connectivity index (χ2v) is 6.47. The lowest BCUT2D eigenvalue weighted by Crippen LogP contribution is -2.39. The molecular weight excluding hydrogens is 236 g/mol. The molecule has 1 fully saturated rings. The van der Waals surface area contributed by atoms with Crippen LogP contribution in [-0.2, 0) is 13.1 Å². The lowest BCUT2D eigenvalue weighted by atomic mass is 9.99. The zero-order valence-corrected chi connectivity index (χ0v) is 13.0. The molecule has 1 aromatic rings. The summed E-state index contributed by atoms with van der Waals surface area (Å²) in [5.41, 5.74) is 1.55. The Morgan fingerprint density at radius 3 is 2.68 bits per heavy atom. The minimum absolute atomic E-state index is 0.232. The largest absolute Gasteiger partial charge is 0.465 e. The number of furan rings is 1. The molecular formula is C16H28N2O. The van der Waals surface area contributed by atoms with Crippen molar-refractivity contribution in [3.05, 3.63) is 23.2 Å². The van der Waals surface area contributed by atoms with Gasteiger partial charge in [-0.3, -0.25) is 4.90 Å². The summed E-state index contributed by atoms with van der Waals surface area (Å²) in [5, 5.41) is 3.50. The van der Waals surface area contributed by atoms with E-state index in [1.807, 2.05) is 0 Å². The van der Waals surface area contributed by atoms with Crippen LogP contribution in [0.5, 0.6) is 0 Å². The SMILES string of the molecule is CCC(C)(C)N(C)Cc1cc(CNC2CC2)oc1C. The second kappa shape index (κ2) is 5.68. The molecule has 0 atom stereocenters. The Kier molecular flexibility index (Phi) is 4.36. The van der Waals surface area contributed by atoms with Crippen molar-refractivity contribution in [3.8, 4) is 0 Å². The number of aryl methyl sites for hydroxylation is 1. The molecule has 3 heteroatoms. The highest BCUT2D eigenvalue weighted by Gasteiger charge is 2.23. The highest BCUT2D eigenvalue weighted by atomic mass is 16.3. The minimum atomic E-state index is 0.232. The molecule has 0 bridgehead atoms. The van der Waals surface area contributed by atoms with Crippen molar-refractivity contribution in [2.75, 3.05) is 7.05 Å². The molecule has 1 N–H and O–H groups in total. The normalized spacial score (nSPS) is 16.3. The molecule has 1 heterocycles. The summed E-state index contributed by atoms with van der Waals surface area (Å²) in [5.74, 6) is 2.13. The lowest BCUT2D eigenvalue weighted by Gasteiger charge is -2.34. The summed E-state index contributed by atoms with van der Waals surface area (Å²) in [6, 6.07) is 2.95. The van der Waals surface area contributed by atoms with E-state index in [1.165, 1.54) is 18.4 Å². The molecule has 0 aliphatic heterocycles. The molecule has 3 nitrogen and oxygen atoms in total. The van der Waals surface area contributed by atoms with Gasteiger partial charge < -0.3 is 9.73 Å². The van der Waals surface area contributed by atoms with Gasteiger partial charge in [0.1, 0.15) is 11.5 Å². The van der Waals surface area contributed by atoms with Crippen LogP contribution in [0.3, 0.4) is 0 Å². The maximum atomic E-state index is 5.85. The summed E-state index contributed by atoms with van der Waals surface area (Å²) >= 11 is 0. The predicted molar refractivity (Wildman–Crippen MR) is 79.1 cm³/mol. The van der Waals surface area contributed by atoms with Crippen LogP contribution in [0.1, 0.15) is 57.1 Å².